The van der Waals surface area contributed by atoms with Crippen molar-refractivity contribution in [3.8, 4) is 23.0 Å². The van der Waals surface area contributed by atoms with Gasteiger partial charge in [0.25, 0.3) is 0 Å². The van der Waals surface area contributed by atoms with Crippen molar-refractivity contribution in [2.45, 2.75) is 32.6 Å². The number of hydrogen-bond donors (Lipinski definition) is 5. The number of aliphatic hydroxyl groups is 1. The van der Waals surface area contributed by atoms with E-state index in [0.29, 0.717) is 48.1 Å². The number of phenols is 4. The van der Waals surface area contributed by atoms with E-state index in [1.54, 1.807) is 54.6 Å². The minimum atomic E-state index is -0.00840. The van der Waals surface area contributed by atoms with E-state index in [9.17, 15) is 25.5 Å². The summed E-state index contributed by atoms with van der Waals surface area (Å²) in [6.45, 7) is 1.94. The number of allylic oxidation sites excluding steroid dienone is 4. The fourth-order valence-electron chi connectivity index (χ4n) is 4.24. The Kier molecular flexibility index (Phi) is 6.31. The molecule has 0 bridgehead atoms. The van der Waals surface area contributed by atoms with Crippen molar-refractivity contribution in [2.24, 2.45) is 5.92 Å². The molecule has 0 radical (unpaired) electrons. The molecule has 3 aromatic rings. The van der Waals surface area contributed by atoms with Crippen LogP contribution in [0.4, 0.5) is 0 Å². The van der Waals surface area contributed by atoms with Crippen LogP contribution in [0.25, 0.3) is 0 Å². The Morgan fingerprint density at radius 3 is 1.61 bits per heavy atom. The first-order chi connectivity index (χ1) is 15.8. The van der Waals surface area contributed by atoms with Crippen LogP contribution in [0.1, 0.15) is 41.2 Å². The molecule has 0 fully saturated rings. The van der Waals surface area contributed by atoms with Crippen LogP contribution in [-0.2, 0) is 19.3 Å². The molecule has 0 aliphatic heterocycles. The number of rotatable bonds is 6. The van der Waals surface area contributed by atoms with Crippen LogP contribution in [0.15, 0.2) is 78.1 Å². The summed E-state index contributed by atoms with van der Waals surface area (Å²) >= 11 is 0. The van der Waals surface area contributed by atoms with Gasteiger partial charge in [0.15, 0.2) is 0 Å². The Bertz CT molecular complexity index is 1130. The standard InChI is InChI=1S/C28H28O5/c1-17-12-20(6-11-26(17)31)15-25-27(32)21(13-18-2-7-23(29)8-3-18)16-22(28(25)33)14-19-4-9-24(30)10-5-19/h2-11,16-17,29-33H,12-15H2,1H3. The van der Waals surface area contributed by atoms with Crippen LogP contribution in [0.3, 0.4) is 0 Å². The van der Waals surface area contributed by atoms with Gasteiger partial charge in [-0.1, -0.05) is 42.8 Å². The van der Waals surface area contributed by atoms with Crippen LogP contribution in [0.5, 0.6) is 23.0 Å². The second-order valence-electron chi connectivity index (χ2n) is 8.76. The SMILES string of the molecule is CC1CC(Cc2c(O)c(Cc3ccc(O)cc3)cc(Cc3ccc(O)cc3)c2O)=CC=C1O. The minimum Gasteiger partial charge on any atom is -0.512 e. The van der Waals surface area contributed by atoms with Gasteiger partial charge in [-0.2, -0.15) is 0 Å². The molecule has 5 nitrogen and oxygen atoms in total. The first-order valence-corrected chi connectivity index (χ1v) is 11.0. The van der Waals surface area contributed by atoms with Gasteiger partial charge in [0.05, 0.1) is 5.76 Å². The second kappa shape index (κ2) is 9.33. The van der Waals surface area contributed by atoms with Gasteiger partial charge in [-0.3, -0.25) is 0 Å². The predicted molar refractivity (Wildman–Crippen MR) is 128 cm³/mol. The van der Waals surface area contributed by atoms with Crippen molar-refractivity contribution in [2.75, 3.05) is 0 Å². The molecule has 1 atom stereocenters. The first kappa shape index (κ1) is 22.3. The Morgan fingerprint density at radius 2 is 1.15 bits per heavy atom. The lowest BCUT2D eigenvalue weighted by Crippen LogP contribution is -2.07. The fourth-order valence-corrected chi connectivity index (χ4v) is 4.24. The number of benzene rings is 3. The van der Waals surface area contributed by atoms with Gasteiger partial charge in [0, 0.05) is 30.7 Å². The highest BCUT2D eigenvalue weighted by molar-refractivity contribution is 5.57. The van der Waals surface area contributed by atoms with Crippen LogP contribution in [0, 0.1) is 5.92 Å². The summed E-state index contributed by atoms with van der Waals surface area (Å²) in [7, 11) is 0. The topological polar surface area (TPSA) is 101 Å². The summed E-state index contributed by atoms with van der Waals surface area (Å²) < 4.78 is 0. The number of phenolic OH excluding ortho intramolecular Hbond substituents is 4. The molecular formula is C28H28O5. The Hall–Kier alpha value is -3.86. The third kappa shape index (κ3) is 5.14. The molecule has 0 aromatic heterocycles. The van der Waals surface area contributed by atoms with E-state index in [0.717, 1.165) is 16.7 Å². The molecule has 0 amide bonds. The summed E-state index contributed by atoms with van der Waals surface area (Å²) in [5.41, 5.74) is 4.70. The lowest BCUT2D eigenvalue weighted by Gasteiger charge is -2.21. The number of aliphatic hydroxyl groups excluding tert-OH is 1. The molecule has 4 rings (SSSR count). The molecule has 5 N–H and O–H groups in total. The van der Waals surface area contributed by atoms with Crippen LogP contribution < -0.4 is 0 Å². The predicted octanol–water partition coefficient (Wildman–Crippen LogP) is 5.64. The van der Waals surface area contributed by atoms with E-state index in [1.165, 1.54) is 0 Å². The van der Waals surface area contributed by atoms with Crippen LogP contribution in [0.2, 0.25) is 0 Å². The fraction of sp³-hybridized carbons (Fsp3) is 0.214. The maximum Gasteiger partial charge on any atom is 0.126 e. The third-order valence-electron chi connectivity index (χ3n) is 6.16. The largest absolute Gasteiger partial charge is 0.512 e. The summed E-state index contributed by atoms with van der Waals surface area (Å²) in [5, 5.41) is 51.3. The van der Waals surface area contributed by atoms with E-state index in [1.807, 2.05) is 19.1 Å². The highest BCUT2D eigenvalue weighted by Gasteiger charge is 2.21. The average Bonchev–Trinajstić information content (AvgIpc) is 2.80. The molecule has 0 saturated heterocycles. The van der Waals surface area contributed by atoms with Gasteiger partial charge in [0.2, 0.25) is 0 Å². The molecule has 33 heavy (non-hydrogen) atoms. The summed E-state index contributed by atoms with van der Waals surface area (Å²) in [4.78, 5) is 0. The zero-order valence-corrected chi connectivity index (χ0v) is 18.5. The highest BCUT2D eigenvalue weighted by atomic mass is 16.3. The van der Waals surface area contributed by atoms with Crippen LogP contribution in [-0.4, -0.2) is 25.5 Å². The molecule has 1 unspecified atom stereocenters. The zero-order chi connectivity index (χ0) is 23.5. The van der Waals surface area contributed by atoms with Gasteiger partial charge < -0.3 is 25.5 Å². The summed E-state index contributed by atoms with van der Waals surface area (Å²) in [5.74, 6) is 0.797. The summed E-state index contributed by atoms with van der Waals surface area (Å²) in [6.07, 6.45) is 5.43. The first-order valence-electron chi connectivity index (χ1n) is 11.0. The maximum absolute atomic E-state index is 11.1. The van der Waals surface area contributed by atoms with Crippen LogP contribution >= 0.6 is 0 Å². The van der Waals surface area contributed by atoms with Crippen molar-refractivity contribution >= 4 is 0 Å². The van der Waals surface area contributed by atoms with E-state index >= 15 is 0 Å². The van der Waals surface area contributed by atoms with Gasteiger partial charge >= 0.3 is 0 Å². The van der Waals surface area contributed by atoms with Gasteiger partial charge in [-0.25, -0.2) is 0 Å². The van der Waals surface area contributed by atoms with E-state index < -0.39 is 0 Å². The number of hydrogen-bond acceptors (Lipinski definition) is 5. The molecule has 1 aliphatic rings. The van der Waals surface area contributed by atoms with E-state index in [4.69, 9.17) is 0 Å². The second-order valence-corrected chi connectivity index (χ2v) is 8.76. The molecule has 0 spiro atoms. The molecule has 5 heteroatoms. The van der Waals surface area contributed by atoms with E-state index in [2.05, 4.69) is 0 Å². The molecule has 170 valence electrons. The van der Waals surface area contributed by atoms with Crippen molar-refractivity contribution in [3.05, 3.63) is 106 Å². The molecule has 0 saturated carbocycles. The minimum absolute atomic E-state index is 0.00840. The van der Waals surface area contributed by atoms with Crippen molar-refractivity contribution in [3.63, 3.8) is 0 Å². The Balaban J connectivity index is 1.74. The quantitative estimate of drug-likeness (QED) is 0.339. The highest BCUT2D eigenvalue weighted by Crippen LogP contribution is 2.39. The maximum atomic E-state index is 11.1. The normalized spacial score (nSPS) is 15.7. The Morgan fingerprint density at radius 1 is 0.667 bits per heavy atom. The zero-order valence-electron chi connectivity index (χ0n) is 18.5. The smallest absolute Gasteiger partial charge is 0.126 e. The van der Waals surface area contributed by atoms with Crippen molar-refractivity contribution in [1.82, 2.24) is 0 Å². The number of aromatic hydroxyl groups is 4. The molecule has 0 heterocycles. The van der Waals surface area contributed by atoms with Gasteiger partial charge in [0.1, 0.15) is 23.0 Å². The lowest BCUT2D eigenvalue weighted by molar-refractivity contribution is 0.335. The monoisotopic (exact) mass is 444 g/mol. The molecular weight excluding hydrogens is 416 g/mol. The van der Waals surface area contributed by atoms with E-state index in [-0.39, 0.29) is 28.9 Å². The van der Waals surface area contributed by atoms with Gasteiger partial charge in [-0.05, 0) is 65.1 Å². The van der Waals surface area contributed by atoms with Crippen molar-refractivity contribution in [1.29, 1.82) is 0 Å². The molecule has 1 aliphatic carbocycles. The third-order valence-corrected chi connectivity index (χ3v) is 6.16. The van der Waals surface area contributed by atoms with Gasteiger partial charge in [-0.15, -0.1) is 0 Å². The van der Waals surface area contributed by atoms with Crippen molar-refractivity contribution < 1.29 is 25.5 Å². The summed E-state index contributed by atoms with van der Waals surface area (Å²) in [6, 6.07) is 15.5. The average molecular weight is 445 g/mol. The molecule has 3 aromatic carbocycles. The lowest BCUT2D eigenvalue weighted by atomic mass is 9.87. The Labute approximate surface area is 193 Å².